The summed E-state index contributed by atoms with van der Waals surface area (Å²) in [7, 11) is 1.69. The van der Waals surface area contributed by atoms with Crippen LogP contribution in [-0.2, 0) is 13.1 Å². The van der Waals surface area contributed by atoms with E-state index in [-0.39, 0.29) is 29.8 Å². The summed E-state index contributed by atoms with van der Waals surface area (Å²) in [4.78, 5) is 8.43. The second-order valence-corrected chi connectivity index (χ2v) is 5.23. The van der Waals surface area contributed by atoms with E-state index in [2.05, 4.69) is 27.5 Å². The van der Waals surface area contributed by atoms with Gasteiger partial charge in [-0.1, -0.05) is 25.1 Å². The first kappa shape index (κ1) is 21.1. The quantitative estimate of drug-likeness (QED) is 0.379. The van der Waals surface area contributed by atoms with Crippen LogP contribution in [0, 0.1) is 5.82 Å². The van der Waals surface area contributed by atoms with Crippen molar-refractivity contribution >= 4 is 29.9 Å². The molecule has 25 heavy (non-hydrogen) atoms. The summed E-state index contributed by atoms with van der Waals surface area (Å²) >= 11 is 0. The molecule has 0 aliphatic heterocycles. The highest BCUT2D eigenvalue weighted by molar-refractivity contribution is 14.0. The summed E-state index contributed by atoms with van der Waals surface area (Å²) in [5, 5.41) is 6.37. The third-order valence-electron chi connectivity index (χ3n) is 3.31. The molecule has 0 aliphatic rings. The SMILES string of the molecule is CCCOc1ncccc1CNC(=NC)NCc1cccc(F)c1.I. The third kappa shape index (κ3) is 7.25. The van der Waals surface area contributed by atoms with E-state index in [9.17, 15) is 4.39 Å². The Labute approximate surface area is 165 Å². The molecule has 0 saturated carbocycles. The Balaban J connectivity index is 0.00000312. The molecule has 0 amide bonds. The molecule has 0 saturated heterocycles. The van der Waals surface area contributed by atoms with E-state index < -0.39 is 0 Å². The zero-order chi connectivity index (χ0) is 17.2. The first-order chi connectivity index (χ1) is 11.7. The van der Waals surface area contributed by atoms with E-state index in [0.29, 0.717) is 31.5 Å². The molecule has 2 N–H and O–H groups in total. The fourth-order valence-corrected chi connectivity index (χ4v) is 2.12. The topological polar surface area (TPSA) is 58.5 Å². The molecule has 0 atom stereocenters. The molecule has 0 unspecified atom stereocenters. The first-order valence-electron chi connectivity index (χ1n) is 7.98. The van der Waals surface area contributed by atoms with Gasteiger partial charge >= 0.3 is 0 Å². The normalized spacial score (nSPS) is 10.8. The van der Waals surface area contributed by atoms with Gasteiger partial charge in [-0.15, -0.1) is 24.0 Å². The molecular formula is C18H24FIN4O. The van der Waals surface area contributed by atoms with Crippen LogP contribution in [-0.4, -0.2) is 24.6 Å². The first-order valence-corrected chi connectivity index (χ1v) is 7.98. The molecule has 0 aliphatic carbocycles. The van der Waals surface area contributed by atoms with Gasteiger partial charge in [0.15, 0.2) is 5.96 Å². The molecule has 0 spiro atoms. The van der Waals surface area contributed by atoms with Gasteiger partial charge in [0.05, 0.1) is 6.61 Å². The minimum atomic E-state index is -0.245. The van der Waals surface area contributed by atoms with Crippen molar-refractivity contribution in [1.82, 2.24) is 15.6 Å². The summed E-state index contributed by atoms with van der Waals surface area (Å²) in [6, 6.07) is 10.3. The summed E-state index contributed by atoms with van der Waals surface area (Å²) in [5.41, 5.74) is 1.81. The van der Waals surface area contributed by atoms with Crippen molar-refractivity contribution in [3.63, 3.8) is 0 Å². The van der Waals surface area contributed by atoms with Crippen molar-refractivity contribution in [2.75, 3.05) is 13.7 Å². The summed E-state index contributed by atoms with van der Waals surface area (Å²) in [6.07, 6.45) is 2.64. The minimum Gasteiger partial charge on any atom is -0.477 e. The van der Waals surface area contributed by atoms with E-state index >= 15 is 0 Å². The Kier molecular flexibility index (Phi) is 9.83. The van der Waals surface area contributed by atoms with Crippen LogP contribution in [0.5, 0.6) is 5.88 Å². The molecule has 1 aromatic carbocycles. The fourth-order valence-electron chi connectivity index (χ4n) is 2.12. The Morgan fingerprint density at radius 2 is 2.00 bits per heavy atom. The molecule has 0 radical (unpaired) electrons. The monoisotopic (exact) mass is 458 g/mol. The Morgan fingerprint density at radius 1 is 1.20 bits per heavy atom. The predicted octanol–water partition coefficient (Wildman–Crippen LogP) is 3.49. The van der Waals surface area contributed by atoms with E-state index in [1.54, 1.807) is 19.3 Å². The number of rotatable bonds is 7. The standard InChI is InChI=1S/C18H23FN4O.HI/c1-3-10-24-17-15(7-5-9-21-17)13-23-18(20-2)22-12-14-6-4-8-16(19)11-14;/h4-9,11H,3,10,12-13H2,1-2H3,(H2,20,22,23);1H. The summed E-state index contributed by atoms with van der Waals surface area (Å²) in [5.74, 6) is 1.02. The molecule has 1 heterocycles. The molecule has 1 aromatic heterocycles. The number of benzene rings is 1. The van der Waals surface area contributed by atoms with Crippen LogP contribution in [0.1, 0.15) is 24.5 Å². The van der Waals surface area contributed by atoms with E-state index in [4.69, 9.17) is 4.74 Å². The van der Waals surface area contributed by atoms with Crippen molar-refractivity contribution in [1.29, 1.82) is 0 Å². The molecule has 7 heteroatoms. The molecular weight excluding hydrogens is 434 g/mol. The number of ether oxygens (including phenoxy) is 1. The lowest BCUT2D eigenvalue weighted by Gasteiger charge is -2.14. The highest BCUT2D eigenvalue weighted by Crippen LogP contribution is 2.14. The maximum Gasteiger partial charge on any atom is 0.218 e. The molecule has 2 aromatic rings. The van der Waals surface area contributed by atoms with Crippen molar-refractivity contribution in [3.8, 4) is 5.88 Å². The van der Waals surface area contributed by atoms with Crippen LogP contribution in [0.2, 0.25) is 0 Å². The van der Waals surface area contributed by atoms with Gasteiger partial charge in [0.1, 0.15) is 5.82 Å². The lowest BCUT2D eigenvalue weighted by molar-refractivity contribution is 0.301. The Hall–Kier alpha value is -1.90. The van der Waals surface area contributed by atoms with Gasteiger partial charge in [0.2, 0.25) is 5.88 Å². The maximum absolute atomic E-state index is 13.2. The van der Waals surface area contributed by atoms with Crippen molar-refractivity contribution in [2.24, 2.45) is 4.99 Å². The average molecular weight is 458 g/mol. The molecule has 0 fully saturated rings. The minimum absolute atomic E-state index is 0. The average Bonchev–Trinajstić information content (AvgIpc) is 2.61. The highest BCUT2D eigenvalue weighted by Gasteiger charge is 2.06. The van der Waals surface area contributed by atoms with Crippen LogP contribution in [0.4, 0.5) is 4.39 Å². The van der Waals surface area contributed by atoms with Crippen molar-refractivity contribution in [3.05, 3.63) is 59.5 Å². The van der Waals surface area contributed by atoms with Gasteiger partial charge < -0.3 is 15.4 Å². The van der Waals surface area contributed by atoms with Crippen molar-refractivity contribution < 1.29 is 9.13 Å². The predicted molar refractivity (Wildman–Crippen MR) is 109 cm³/mol. The van der Waals surface area contributed by atoms with Crippen LogP contribution in [0.25, 0.3) is 0 Å². The number of aliphatic imine (C=N–C) groups is 1. The number of pyridine rings is 1. The van der Waals surface area contributed by atoms with Crippen LogP contribution in [0.15, 0.2) is 47.6 Å². The van der Waals surface area contributed by atoms with Gasteiger partial charge in [-0.2, -0.15) is 0 Å². The highest BCUT2D eigenvalue weighted by atomic mass is 127. The van der Waals surface area contributed by atoms with E-state index in [0.717, 1.165) is 17.5 Å². The number of hydrogen-bond donors (Lipinski definition) is 2. The third-order valence-corrected chi connectivity index (χ3v) is 3.31. The molecule has 5 nitrogen and oxygen atoms in total. The van der Waals surface area contributed by atoms with Gasteiger partial charge in [-0.05, 0) is 30.2 Å². The number of hydrogen-bond acceptors (Lipinski definition) is 3. The number of nitrogens with one attached hydrogen (secondary N) is 2. The lowest BCUT2D eigenvalue weighted by Crippen LogP contribution is -2.36. The van der Waals surface area contributed by atoms with Crippen molar-refractivity contribution in [2.45, 2.75) is 26.4 Å². The molecule has 0 bridgehead atoms. The molecule has 2 rings (SSSR count). The van der Waals surface area contributed by atoms with E-state index in [1.165, 1.54) is 12.1 Å². The number of guanidine groups is 1. The molecule has 136 valence electrons. The fraction of sp³-hybridized carbons (Fsp3) is 0.333. The van der Waals surface area contributed by atoms with Crippen LogP contribution < -0.4 is 15.4 Å². The second-order valence-electron chi connectivity index (χ2n) is 5.23. The number of nitrogens with zero attached hydrogens (tertiary/aromatic N) is 2. The Bertz CT molecular complexity index is 682. The largest absolute Gasteiger partial charge is 0.477 e. The zero-order valence-corrected chi connectivity index (χ0v) is 16.8. The number of aromatic nitrogens is 1. The number of halogens is 2. The van der Waals surface area contributed by atoms with Gasteiger partial charge in [0, 0.05) is 31.9 Å². The van der Waals surface area contributed by atoms with Gasteiger partial charge in [-0.3, -0.25) is 4.99 Å². The van der Waals surface area contributed by atoms with Gasteiger partial charge in [0.25, 0.3) is 0 Å². The maximum atomic E-state index is 13.2. The van der Waals surface area contributed by atoms with Crippen LogP contribution >= 0.6 is 24.0 Å². The van der Waals surface area contributed by atoms with Gasteiger partial charge in [-0.25, -0.2) is 9.37 Å². The second kappa shape index (κ2) is 11.6. The Morgan fingerprint density at radius 3 is 2.72 bits per heavy atom. The van der Waals surface area contributed by atoms with E-state index in [1.807, 2.05) is 18.2 Å². The van der Waals surface area contributed by atoms with Crippen LogP contribution in [0.3, 0.4) is 0 Å². The smallest absolute Gasteiger partial charge is 0.218 e. The lowest BCUT2D eigenvalue weighted by atomic mass is 10.2. The zero-order valence-electron chi connectivity index (χ0n) is 14.5. The summed E-state index contributed by atoms with van der Waals surface area (Å²) in [6.45, 7) is 3.72. The summed E-state index contributed by atoms with van der Waals surface area (Å²) < 4.78 is 18.8.